The van der Waals surface area contributed by atoms with Crippen LogP contribution in [0.25, 0.3) is 16.8 Å². The second-order valence-corrected chi connectivity index (χ2v) is 8.89. The molecule has 1 aliphatic carbocycles. The van der Waals surface area contributed by atoms with Crippen molar-refractivity contribution in [3.8, 4) is 11.3 Å². The first-order valence-corrected chi connectivity index (χ1v) is 10.7. The van der Waals surface area contributed by atoms with Crippen LogP contribution in [0.5, 0.6) is 0 Å². The van der Waals surface area contributed by atoms with Crippen LogP contribution in [0, 0.1) is 0 Å². The lowest BCUT2D eigenvalue weighted by atomic mass is 9.85. The van der Waals surface area contributed by atoms with Gasteiger partial charge >= 0.3 is 0 Å². The fourth-order valence-corrected chi connectivity index (χ4v) is 4.39. The molecule has 4 rings (SSSR count). The first kappa shape index (κ1) is 22.6. The fraction of sp³-hybridized carbons (Fsp3) is 0.0909. The summed E-state index contributed by atoms with van der Waals surface area (Å²) in [5.74, 6) is -0.449. The SMILES string of the molecule is O=Cc1ncc(C2=CC=CC(c3cccc(-c4cnc(C=O)c(Cl)n4)c3)C2(Cl)Cl)nc1Cl. The average molecular weight is 506 g/mol. The van der Waals surface area contributed by atoms with E-state index >= 15 is 0 Å². The van der Waals surface area contributed by atoms with Crippen molar-refractivity contribution in [2.75, 3.05) is 0 Å². The van der Waals surface area contributed by atoms with E-state index in [0.717, 1.165) is 11.1 Å². The number of carbonyl (C=O) groups is 2. The monoisotopic (exact) mass is 504 g/mol. The topological polar surface area (TPSA) is 85.7 Å². The summed E-state index contributed by atoms with van der Waals surface area (Å²) >= 11 is 25.7. The maximum Gasteiger partial charge on any atom is 0.171 e. The zero-order chi connectivity index (χ0) is 22.9. The smallest absolute Gasteiger partial charge is 0.171 e. The molecule has 0 N–H and O–H groups in total. The van der Waals surface area contributed by atoms with Gasteiger partial charge in [0.15, 0.2) is 27.2 Å². The highest BCUT2D eigenvalue weighted by atomic mass is 35.5. The van der Waals surface area contributed by atoms with E-state index in [9.17, 15) is 9.59 Å². The van der Waals surface area contributed by atoms with E-state index < -0.39 is 10.3 Å². The van der Waals surface area contributed by atoms with Crippen LogP contribution in [0.1, 0.15) is 38.2 Å². The number of halogens is 4. The highest BCUT2D eigenvalue weighted by Gasteiger charge is 2.41. The van der Waals surface area contributed by atoms with Crippen LogP contribution in [0.3, 0.4) is 0 Å². The number of allylic oxidation sites excluding steroid dienone is 4. The molecule has 2 aromatic heterocycles. The molecule has 0 radical (unpaired) electrons. The van der Waals surface area contributed by atoms with Crippen LogP contribution in [0.15, 0.2) is 54.9 Å². The standard InChI is InChI=1S/C22H12Cl4N4O2/c23-20-18(10-31)27-8-16(29-20)13-4-1-3-12(7-13)14-5-2-6-15(22(14,25)26)17-9-28-19(11-32)21(24)30-17/h1-11,14H. The first-order valence-electron chi connectivity index (χ1n) is 9.18. The number of hydrogen-bond acceptors (Lipinski definition) is 6. The Morgan fingerprint density at radius 3 is 2.16 bits per heavy atom. The lowest BCUT2D eigenvalue weighted by molar-refractivity contribution is 0.111. The van der Waals surface area contributed by atoms with Crippen LogP contribution in [0.2, 0.25) is 10.3 Å². The molecule has 0 spiro atoms. The van der Waals surface area contributed by atoms with E-state index in [1.807, 2.05) is 36.4 Å². The summed E-state index contributed by atoms with van der Waals surface area (Å²) in [4.78, 5) is 38.4. The Balaban J connectivity index is 1.71. The molecule has 0 fully saturated rings. The van der Waals surface area contributed by atoms with Gasteiger partial charge in [0.05, 0.1) is 23.8 Å². The minimum Gasteiger partial charge on any atom is -0.296 e. The van der Waals surface area contributed by atoms with Crippen molar-refractivity contribution in [3.63, 3.8) is 0 Å². The minimum atomic E-state index is -1.40. The Kier molecular flexibility index (Phi) is 6.40. The summed E-state index contributed by atoms with van der Waals surface area (Å²) in [6.45, 7) is 0. The van der Waals surface area contributed by atoms with Crippen LogP contribution >= 0.6 is 46.4 Å². The van der Waals surface area contributed by atoms with Crippen molar-refractivity contribution >= 4 is 64.5 Å². The van der Waals surface area contributed by atoms with Gasteiger partial charge in [0.25, 0.3) is 0 Å². The molecule has 0 saturated heterocycles. The third-order valence-electron chi connectivity index (χ3n) is 4.87. The van der Waals surface area contributed by atoms with Gasteiger partial charge in [-0.3, -0.25) is 9.59 Å². The largest absolute Gasteiger partial charge is 0.296 e. The summed E-state index contributed by atoms with van der Waals surface area (Å²) in [5.41, 5.74) is 2.97. The fourth-order valence-electron chi connectivity index (χ4n) is 3.31. The van der Waals surface area contributed by atoms with E-state index in [1.54, 1.807) is 6.08 Å². The predicted octanol–water partition coefficient (Wildman–Crippen LogP) is 5.78. The number of aromatic nitrogens is 4. The second kappa shape index (κ2) is 9.08. The van der Waals surface area contributed by atoms with Crippen molar-refractivity contribution in [3.05, 3.63) is 87.8 Å². The molecule has 3 aromatic rings. The summed E-state index contributed by atoms with van der Waals surface area (Å²) < 4.78 is -1.40. The van der Waals surface area contributed by atoms with Crippen molar-refractivity contribution in [2.24, 2.45) is 0 Å². The molecule has 0 aliphatic heterocycles. The lowest BCUT2D eigenvalue weighted by Gasteiger charge is -2.32. The van der Waals surface area contributed by atoms with Crippen LogP contribution in [0.4, 0.5) is 0 Å². The van der Waals surface area contributed by atoms with E-state index in [2.05, 4.69) is 19.9 Å². The van der Waals surface area contributed by atoms with E-state index in [-0.39, 0.29) is 21.7 Å². The Morgan fingerprint density at radius 2 is 1.53 bits per heavy atom. The molecule has 1 aliphatic rings. The number of rotatable bonds is 5. The third-order valence-corrected chi connectivity index (χ3v) is 6.30. The summed E-state index contributed by atoms with van der Waals surface area (Å²) in [6, 6.07) is 7.41. The van der Waals surface area contributed by atoms with Gasteiger partial charge in [-0.1, -0.05) is 82.8 Å². The second-order valence-electron chi connectivity index (χ2n) is 6.79. The van der Waals surface area contributed by atoms with Crippen LogP contribution in [-0.2, 0) is 0 Å². The van der Waals surface area contributed by atoms with Crippen molar-refractivity contribution in [1.82, 2.24) is 19.9 Å². The van der Waals surface area contributed by atoms with E-state index in [1.165, 1.54) is 12.4 Å². The van der Waals surface area contributed by atoms with Gasteiger partial charge in [-0.25, -0.2) is 19.9 Å². The highest BCUT2D eigenvalue weighted by Crippen LogP contribution is 2.50. The highest BCUT2D eigenvalue weighted by molar-refractivity contribution is 6.55. The molecule has 10 heteroatoms. The molecule has 32 heavy (non-hydrogen) atoms. The molecule has 160 valence electrons. The van der Waals surface area contributed by atoms with Crippen molar-refractivity contribution in [1.29, 1.82) is 0 Å². The molecule has 0 amide bonds. The molecule has 1 atom stereocenters. The Bertz CT molecular complexity index is 1290. The quantitative estimate of drug-likeness (QED) is 0.323. The first-order chi connectivity index (χ1) is 15.3. The van der Waals surface area contributed by atoms with Gasteiger partial charge in [0, 0.05) is 17.1 Å². The number of hydrogen-bond donors (Lipinski definition) is 0. The molecule has 1 unspecified atom stereocenters. The Labute approximate surface area is 202 Å². The minimum absolute atomic E-state index is 0.0175. The molecule has 2 heterocycles. The summed E-state index contributed by atoms with van der Waals surface area (Å²) in [5, 5.41) is -0.0196. The van der Waals surface area contributed by atoms with Gasteiger partial charge < -0.3 is 0 Å². The number of aldehydes is 2. The maximum atomic E-state index is 11.0. The van der Waals surface area contributed by atoms with Crippen molar-refractivity contribution in [2.45, 2.75) is 10.3 Å². The zero-order valence-corrected chi connectivity index (χ0v) is 19.1. The van der Waals surface area contributed by atoms with Crippen LogP contribution < -0.4 is 0 Å². The van der Waals surface area contributed by atoms with E-state index in [0.29, 0.717) is 29.5 Å². The Morgan fingerprint density at radius 1 is 0.906 bits per heavy atom. The van der Waals surface area contributed by atoms with Gasteiger partial charge in [-0.2, -0.15) is 0 Å². The third kappa shape index (κ3) is 4.19. The van der Waals surface area contributed by atoms with Gasteiger partial charge in [0.2, 0.25) is 0 Å². The average Bonchev–Trinajstić information content (AvgIpc) is 2.78. The van der Waals surface area contributed by atoms with Crippen molar-refractivity contribution < 1.29 is 9.59 Å². The molecule has 1 aromatic carbocycles. The zero-order valence-electron chi connectivity index (χ0n) is 16.0. The van der Waals surface area contributed by atoms with E-state index in [4.69, 9.17) is 46.4 Å². The number of carbonyl (C=O) groups excluding carboxylic acids is 2. The molecule has 0 saturated carbocycles. The summed E-state index contributed by atoms with van der Waals surface area (Å²) in [7, 11) is 0. The van der Waals surface area contributed by atoms with Crippen LogP contribution in [-0.4, -0.2) is 36.8 Å². The summed E-state index contributed by atoms with van der Waals surface area (Å²) in [6.07, 6.45) is 9.35. The van der Waals surface area contributed by atoms with Gasteiger partial charge in [-0.15, -0.1) is 0 Å². The Hall–Kier alpha value is -2.64. The number of alkyl halides is 2. The molecule has 6 nitrogen and oxygen atoms in total. The molecular formula is C22H12Cl4N4O2. The maximum absolute atomic E-state index is 11.0. The number of nitrogens with zero attached hydrogens (tertiary/aromatic N) is 4. The normalized spacial score (nSPS) is 17.0. The lowest BCUT2D eigenvalue weighted by Crippen LogP contribution is -2.27. The molecular weight excluding hydrogens is 494 g/mol. The van der Waals surface area contributed by atoms with Gasteiger partial charge in [0.1, 0.15) is 11.4 Å². The molecule has 0 bridgehead atoms. The van der Waals surface area contributed by atoms with Gasteiger partial charge in [-0.05, 0) is 11.6 Å². The predicted molar refractivity (Wildman–Crippen MR) is 125 cm³/mol. The number of benzene rings is 1.